The highest BCUT2D eigenvalue weighted by Gasteiger charge is 2.38. The number of hydrogen-bond donors (Lipinski definition) is 2. The van der Waals surface area contributed by atoms with E-state index in [1.165, 1.54) is 0 Å². The molecule has 1 heterocycles. The quantitative estimate of drug-likeness (QED) is 0.869. The van der Waals surface area contributed by atoms with Crippen molar-refractivity contribution in [1.82, 2.24) is 0 Å². The minimum absolute atomic E-state index is 0.00627. The minimum Gasteiger partial charge on any atom is -0.326 e. The average molecular weight is 272 g/mol. The van der Waals surface area contributed by atoms with E-state index in [2.05, 4.69) is 10.6 Å². The first kappa shape index (κ1) is 13.2. The molecule has 4 heteroatoms. The highest BCUT2D eigenvalue weighted by Crippen LogP contribution is 2.38. The van der Waals surface area contributed by atoms with Gasteiger partial charge in [-0.15, -0.1) is 0 Å². The standard InChI is InChI=1S/C16H20N2O2/c1-16(2)12-9-11(7-8-13(12)18-15(16)20)17-14(19)10-5-3-4-6-10/h7-10H,3-6H2,1-2H3,(H,17,19)(H,18,20). The van der Waals surface area contributed by atoms with E-state index in [1.54, 1.807) is 0 Å². The fourth-order valence-corrected chi connectivity index (χ4v) is 3.08. The van der Waals surface area contributed by atoms with Gasteiger partial charge in [-0.25, -0.2) is 0 Å². The van der Waals surface area contributed by atoms with E-state index in [0.29, 0.717) is 0 Å². The Balaban J connectivity index is 1.81. The first-order valence-electron chi connectivity index (χ1n) is 7.25. The molecule has 1 aromatic rings. The maximum Gasteiger partial charge on any atom is 0.234 e. The van der Waals surface area contributed by atoms with Crippen molar-refractivity contribution in [3.05, 3.63) is 23.8 Å². The van der Waals surface area contributed by atoms with Crippen molar-refractivity contribution < 1.29 is 9.59 Å². The molecule has 106 valence electrons. The fraction of sp³-hybridized carbons (Fsp3) is 0.500. The summed E-state index contributed by atoms with van der Waals surface area (Å²) in [7, 11) is 0. The van der Waals surface area contributed by atoms with Gasteiger partial charge in [0.2, 0.25) is 11.8 Å². The third-order valence-electron chi connectivity index (χ3n) is 4.50. The zero-order valence-electron chi connectivity index (χ0n) is 12.0. The molecule has 0 atom stereocenters. The second kappa shape index (κ2) is 4.62. The number of nitrogens with one attached hydrogen (secondary N) is 2. The molecule has 0 unspecified atom stereocenters. The van der Waals surface area contributed by atoms with Crippen LogP contribution in [0.15, 0.2) is 18.2 Å². The van der Waals surface area contributed by atoms with E-state index in [4.69, 9.17) is 0 Å². The van der Waals surface area contributed by atoms with Gasteiger partial charge in [-0.05, 0) is 50.5 Å². The van der Waals surface area contributed by atoms with Crippen molar-refractivity contribution in [2.24, 2.45) is 5.92 Å². The van der Waals surface area contributed by atoms with Crippen LogP contribution < -0.4 is 10.6 Å². The molecular formula is C16H20N2O2. The van der Waals surface area contributed by atoms with Crippen molar-refractivity contribution in [3.63, 3.8) is 0 Å². The van der Waals surface area contributed by atoms with Crippen LogP contribution in [0.3, 0.4) is 0 Å². The van der Waals surface area contributed by atoms with Crippen molar-refractivity contribution in [1.29, 1.82) is 0 Å². The Hall–Kier alpha value is -1.84. The summed E-state index contributed by atoms with van der Waals surface area (Å²) in [5.41, 5.74) is 2.04. The van der Waals surface area contributed by atoms with E-state index < -0.39 is 5.41 Å². The molecule has 1 aliphatic carbocycles. The lowest BCUT2D eigenvalue weighted by Gasteiger charge is -2.16. The van der Waals surface area contributed by atoms with Gasteiger partial charge in [0, 0.05) is 17.3 Å². The molecule has 4 nitrogen and oxygen atoms in total. The van der Waals surface area contributed by atoms with Crippen molar-refractivity contribution in [2.45, 2.75) is 44.9 Å². The first-order valence-corrected chi connectivity index (χ1v) is 7.25. The number of benzene rings is 1. The van der Waals surface area contributed by atoms with Crippen LogP contribution in [-0.2, 0) is 15.0 Å². The van der Waals surface area contributed by atoms with Gasteiger partial charge in [-0.2, -0.15) is 0 Å². The van der Waals surface area contributed by atoms with Crippen molar-refractivity contribution in [2.75, 3.05) is 10.6 Å². The maximum absolute atomic E-state index is 12.1. The molecule has 2 N–H and O–H groups in total. The van der Waals surface area contributed by atoms with Crippen LogP contribution in [0.5, 0.6) is 0 Å². The van der Waals surface area contributed by atoms with E-state index in [0.717, 1.165) is 42.6 Å². The van der Waals surface area contributed by atoms with E-state index >= 15 is 0 Å². The third kappa shape index (κ3) is 2.09. The lowest BCUT2D eigenvalue weighted by Crippen LogP contribution is -2.27. The minimum atomic E-state index is -0.538. The molecule has 2 aliphatic rings. The molecule has 0 bridgehead atoms. The van der Waals surface area contributed by atoms with Crippen LogP contribution in [0.2, 0.25) is 0 Å². The summed E-state index contributed by atoms with van der Waals surface area (Å²) < 4.78 is 0. The summed E-state index contributed by atoms with van der Waals surface area (Å²) in [5, 5.41) is 5.86. The van der Waals surface area contributed by atoms with Gasteiger partial charge in [-0.3, -0.25) is 9.59 Å². The predicted molar refractivity (Wildman–Crippen MR) is 78.7 cm³/mol. The largest absolute Gasteiger partial charge is 0.326 e. The van der Waals surface area contributed by atoms with Gasteiger partial charge in [0.25, 0.3) is 0 Å². The molecular weight excluding hydrogens is 252 g/mol. The Morgan fingerprint density at radius 3 is 2.70 bits per heavy atom. The Kier molecular flexibility index (Phi) is 3.04. The number of hydrogen-bond acceptors (Lipinski definition) is 2. The molecule has 1 saturated carbocycles. The van der Waals surface area contributed by atoms with Crippen LogP contribution in [0, 0.1) is 5.92 Å². The van der Waals surface area contributed by atoms with Gasteiger partial charge in [-0.1, -0.05) is 12.8 Å². The number of carbonyl (C=O) groups excluding carboxylic acids is 2. The number of fused-ring (bicyclic) bond motifs is 1. The van der Waals surface area contributed by atoms with Crippen LogP contribution in [0.1, 0.15) is 45.1 Å². The van der Waals surface area contributed by atoms with E-state index in [-0.39, 0.29) is 17.7 Å². The molecule has 1 aromatic carbocycles. The smallest absolute Gasteiger partial charge is 0.234 e. The highest BCUT2D eigenvalue weighted by molar-refractivity contribution is 6.06. The number of amides is 2. The Labute approximate surface area is 118 Å². The Morgan fingerprint density at radius 2 is 2.00 bits per heavy atom. The summed E-state index contributed by atoms with van der Waals surface area (Å²) >= 11 is 0. The number of carbonyl (C=O) groups is 2. The Bertz CT molecular complexity index is 572. The van der Waals surface area contributed by atoms with Crippen LogP contribution in [0.25, 0.3) is 0 Å². The van der Waals surface area contributed by atoms with E-state index in [9.17, 15) is 9.59 Å². The summed E-state index contributed by atoms with van der Waals surface area (Å²) in [6.07, 6.45) is 4.27. The van der Waals surface area contributed by atoms with Gasteiger partial charge in [0.05, 0.1) is 5.41 Å². The van der Waals surface area contributed by atoms with Crippen LogP contribution in [0.4, 0.5) is 11.4 Å². The predicted octanol–water partition coefficient (Wildman–Crippen LogP) is 3.05. The molecule has 1 fully saturated rings. The molecule has 3 rings (SSSR count). The van der Waals surface area contributed by atoms with Gasteiger partial charge < -0.3 is 10.6 Å². The average Bonchev–Trinajstić information content (AvgIpc) is 3.00. The van der Waals surface area contributed by atoms with Gasteiger partial charge in [0.15, 0.2) is 0 Å². The van der Waals surface area contributed by atoms with Crippen LogP contribution in [-0.4, -0.2) is 11.8 Å². The molecule has 2 amide bonds. The zero-order valence-corrected chi connectivity index (χ0v) is 12.0. The van der Waals surface area contributed by atoms with E-state index in [1.807, 2.05) is 32.0 Å². The highest BCUT2D eigenvalue weighted by atomic mass is 16.2. The number of rotatable bonds is 2. The van der Waals surface area contributed by atoms with Gasteiger partial charge in [0.1, 0.15) is 0 Å². The normalized spacial score (nSPS) is 20.6. The zero-order chi connectivity index (χ0) is 14.3. The number of anilines is 2. The molecule has 0 aromatic heterocycles. The van der Waals surface area contributed by atoms with Gasteiger partial charge >= 0.3 is 0 Å². The fourth-order valence-electron chi connectivity index (χ4n) is 3.08. The Morgan fingerprint density at radius 1 is 1.30 bits per heavy atom. The van der Waals surface area contributed by atoms with Crippen molar-refractivity contribution in [3.8, 4) is 0 Å². The van der Waals surface area contributed by atoms with Crippen LogP contribution >= 0.6 is 0 Å². The first-order chi connectivity index (χ1) is 9.48. The lowest BCUT2D eigenvalue weighted by molar-refractivity contribution is -0.120. The maximum atomic E-state index is 12.1. The second-order valence-corrected chi connectivity index (χ2v) is 6.31. The summed E-state index contributed by atoms with van der Waals surface area (Å²) in [6.45, 7) is 3.80. The molecule has 0 spiro atoms. The monoisotopic (exact) mass is 272 g/mol. The topological polar surface area (TPSA) is 58.2 Å². The summed E-state index contributed by atoms with van der Waals surface area (Å²) in [5.74, 6) is 0.264. The van der Waals surface area contributed by atoms with Crippen molar-refractivity contribution >= 4 is 23.2 Å². The summed E-state index contributed by atoms with van der Waals surface area (Å²) in [6, 6.07) is 5.64. The summed E-state index contributed by atoms with van der Waals surface area (Å²) in [4.78, 5) is 24.0. The second-order valence-electron chi connectivity index (χ2n) is 6.31. The molecule has 0 saturated heterocycles. The molecule has 1 aliphatic heterocycles. The molecule has 20 heavy (non-hydrogen) atoms. The SMILES string of the molecule is CC1(C)C(=O)Nc2ccc(NC(=O)C3CCCC3)cc21. The molecule has 0 radical (unpaired) electrons. The third-order valence-corrected chi connectivity index (χ3v) is 4.50. The lowest BCUT2D eigenvalue weighted by atomic mass is 9.86.